The molecule has 0 saturated heterocycles. The van der Waals surface area contributed by atoms with Crippen LogP contribution in [-0.2, 0) is 0 Å². The summed E-state index contributed by atoms with van der Waals surface area (Å²) in [7, 11) is 0. The van der Waals surface area contributed by atoms with Crippen LogP contribution < -0.4 is 5.32 Å². The predicted octanol–water partition coefficient (Wildman–Crippen LogP) is 7.77. The number of hydrogen-bond donors (Lipinski definition) is 3. The summed E-state index contributed by atoms with van der Waals surface area (Å²) in [5.74, 6) is -0.567. The first-order valence-electron chi connectivity index (χ1n) is 12.8. The summed E-state index contributed by atoms with van der Waals surface area (Å²) in [6.45, 7) is 4.20. The van der Waals surface area contributed by atoms with Gasteiger partial charge in [0.15, 0.2) is 0 Å². The Hall–Kier alpha value is -4.42. The van der Waals surface area contributed by atoms with Gasteiger partial charge in [-0.1, -0.05) is 86.1 Å². The van der Waals surface area contributed by atoms with Crippen molar-refractivity contribution in [3.8, 4) is 22.5 Å². The SMILES string of the molecule is CC(C)CC(NC(=O)c1ccc(-c2c(Cl)cccc2-c2nc3ccccc3[nH]2)c(C(=O)O)c1)c1ccccc1. The van der Waals surface area contributed by atoms with Gasteiger partial charge in [0.05, 0.1) is 22.6 Å². The quantitative estimate of drug-likeness (QED) is 0.188. The van der Waals surface area contributed by atoms with E-state index in [0.717, 1.165) is 23.0 Å². The lowest BCUT2D eigenvalue weighted by Gasteiger charge is -2.21. The molecule has 5 aromatic rings. The number of carbonyl (C=O) groups excluding carboxylic acids is 1. The zero-order valence-corrected chi connectivity index (χ0v) is 22.4. The molecule has 1 heterocycles. The molecule has 0 spiro atoms. The lowest BCUT2D eigenvalue weighted by atomic mass is 9.92. The number of carboxylic acid groups (broad SMARTS) is 1. The molecule has 196 valence electrons. The second-order valence-electron chi connectivity index (χ2n) is 9.90. The first kappa shape index (κ1) is 26.2. The van der Waals surface area contributed by atoms with Gasteiger partial charge in [-0.15, -0.1) is 0 Å². The summed E-state index contributed by atoms with van der Waals surface area (Å²) in [5, 5.41) is 13.7. The summed E-state index contributed by atoms with van der Waals surface area (Å²) in [6.07, 6.45) is 0.750. The van der Waals surface area contributed by atoms with Gasteiger partial charge in [-0.25, -0.2) is 9.78 Å². The molecule has 4 aromatic carbocycles. The van der Waals surface area contributed by atoms with E-state index in [1.54, 1.807) is 24.3 Å². The predicted molar refractivity (Wildman–Crippen MR) is 155 cm³/mol. The van der Waals surface area contributed by atoms with E-state index in [0.29, 0.717) is 33.5 Å². The molecule has 0 aliphatic carbocycles. The Bertz CT molecular complexity index is 1630. The normalized spacial score (nSPS) is 12.0. The number of aromatic nitrogens is 2. The lowest BCUT2D eigenvalue weighted by molar-refractivity contribution is 0.0697. The van der Waals surface area contributed by atoms with E-state index in [2.05, 4.69) is 29.1 Å². The number of rotatable bonds is 8. The Kier molecular flexibility index (Phi) is 7.48. The highest BCUT2D eigenvalue weighted by Gasteiger charge is 2.23. The highest BCUT2D eigenvalue weighted by molar-refractivity contribution is 6.34. The molecule has 1 aromatic heterocycles. The second-order valence-corrected chi connectivity index (χ2v) is 10.3. The number of amides is 1. The molecule has 1 amide bonds. The van der Waals surface area contributed by atoms with Gasteiger partial charge in [0, 0.05) is 21.7 Å². The molecule has 3 N–H and O–H groups in total. The zero-order valence-electron chi connectivity index (χ0n) is 21.6. The number of carbonyl (C=O) groups is 2. The molecule has 7 heteroatoms. The number of carboxylic acids is 1. The number of hydrogen-bond acceptors (Lipinski definition) is 3. The third kappa shape index (κ3) is 5.56. The van der Waals surface area contributed by atoms with E-state index < -0.39 is 5.97 Å². The maximum absolute atomic E-state index is 13.3. The van der Waals surface area contributed by atoms with Crippen molar-refractivity contribution >= 4 is 34.5 Å². The average molecular weight is 538 g/mol. The van der Waals surface area contributed by atoms with Gasteiger partial charge in [-0.2, -0.15) is 0 Å². The Morgan fingerprint density at radius 3 is 2.38 bits per heavy atom. The van der Waals surface area contributed by atoms with Gasteiger partial charge < -0.3 is 15.4 Å². The van der Waals surface area contributed by atoms with Crippen molar-refractivity contribution in [3.05, 3.63) is 113 Å². The van der Waals surface area contributed by atoms with Crippen LogP contribution in [0.1, 0.15) is 52.6 Å². The Morgan fingerprint density at radius 2 is 1.67 bits per heavy atom. The average Bonchev–Trinajstić information content (AvgIpc) is 3.37. The molecular formula is C32H28ClN3O3. The number of halogens is 1. The van der Waals surface area contributed by atoms with E-state index in [-0.39, 0.29) is 23.1 Å². The first-order valence-corrected chi connectivity index (χ1v) is 13.2. The third-order valence-electron chi connectivity index (χ3n) is 6.65. The molecule has 39 heavy (non-hydrogen) atoms. The van der Waals surface area contributed by atoms with Crippen LogP contribution in [0.2, 0.25) is 5.02 Å². The summed E-state index contributed by atoms with van der Waals surface area (Å²) < 4.78 is 0. The lowest BCUT2D eigenvalue weighted by Crippen LogP contribution is -2.29. The van der Waals surface area contributed by atoms with Gasteiger partial charge >= 0.3 is 5.97 Å². The van der Waals surface area contributed by atoms with Crippen molar-refractivity contribution in [3.63, 3.8) is 0 Å². The van der Waals surface area contributed by atoms with Gasteiger partial charge in [-0.3, -0.25) is 4.79 Å². The molecule has 6 nitrogen and oxygen atoms in total. The van der Waals surface area contributed by atoms with E-state index >= 15 is 0 Å². The van der Waals surface area contributed by atoms with Gasteiger partial charge in [0.1, 0.15) is 5.82 Å². The molecule has 1 atom stereocenters. The zero-order chi connectivity index (χ0) is 27.5. The van der Waals surface area contributed by atoms with Gasteiger partial charge in [0.2, 0.25) is 0 Å². The van der Waals surface area contributed by atoms with Crippen molar-refractivity contribution < 1.29 is 14.7 Å². The number of fused-ring (bicyclic) bond motifs is 1. The third-order valence-corrected chi connectivity index (χ3v) is 6.97. The molecule has 5 rings (SSSR count). The van der Waals surface area contributed by atoms with Crippen LogP contribution in [0.5, 0.6) is 0 Å². The molecule has 0 radical (unpaired) electrons. The fraction of sp³-hybridized carbons (Fsp3) is 0.156. The number of aromatic carboxylic acids is 1. The maximum atomic E-state index is 13.3. The minimum Gasteiger partial charge on any atom is -0.478 e. The molecule has 0 fully saturated rings. The van der Waals surface area contributed by atoms with Crippen LogP contribution in [0.25, 0.3) is 33.5 Å². The van der Waals surface area contributed by atoms with Crippen LogP contribution in [0.4, 0.5) is 0 Å². The van der Waals surface area contributed by atoms with Crippen LogP contribution in [0.3, 0.4) is 0 Å². The standard InChI is InChI=1S/C32H28ClN3O3/c1-19(2)17-28(20-9-4-3-5-10-20)36-31(37)21-15-16-22(24(18-21)32(38)39)29-23(11-8-12-25(29)33)30-34-26-13-6-7-14-27(26)35-30/h3-16,18-19,28H,17H2,1-2H3,(H,34,35)(H,36,37)(H,38,39). The monoisotopic (exact) mass is 537 g/mol. The van der Waals surface area contributed by atoms with Crippen molar-refractivity contribution in [1.29, 1.82) is 0 Å². The Balaban J connectivity index is 1.54. The van der Waals surface area contributed by atoms with Gasteiger partial charge in [0.25, 0.3) is 5.91 Å². The Morgan fingerprint density at radius 1 is 0.923 bits per heavy atom. The van der Waals surface area contributed by atoms with E-state index in [1.165, 1.54) is 6.07 Å². The molecule has 0 saturated carbocycles. The van der Waals surface area contributed by atoms with Crippen molar-refractivity contribution in [1.82, 2.24) is 15.3 Å². The molecule has 1 unspecified atom stereocenters. The molecule has 0 aliphatic heterocycles. The minimum absolute atomic E-state index is 0.0202. The number of nitrogens with one attached hydrogen (secondary N) is 2. The van der Waals surface area contributed by atoms with Crippen LogP contribution in [-0.4, -0.2) is 27.0 Å². The highest BCUT2D eigenvalue weighted by Crippen LogP contribution is 2.39. The fourth-order valence-corrected chi connectivity index (χ4v) is 5.11. The number of H-pyrrole nitrogens is 1. The Labute approximate surface area is 231 Å². The van der Waals surface area contributed by atoms with Crippen LogP contribution >= 0.6 is 11.6 Å². The smallest absolute Gasteiger partial charge is 0.336 e. The highest BCUT2D eigenvalue weighted by atomic mass is 35.5. The van der Waals surface area contributed by atoms with E-state index in [1.807, 2.05) is 60.7 Å². The topological polar surface area (TPSA) is 95.1 Å². The molecule has 0 bridgehead atoms. The second kappa shape index (κ2) is 11.1. The van der Waals surface area contributed by atoms with E-state index in [9.17, 15) is 14.7 Å². The van der Waals surface area contributed by atoms with Crippen molar-refractivity contribution in [2.24, 2.45) is 5.92 Å². The summed E-state index contributed by atoms with van der Waals surface area (Å²) >= 11 is 6.66. The van der Waals surface area contributed by atoms with Crippen molar-refractivity contribution in [2.45, 2.75) is 26.3 Å². The van der Waals surface area contributed by atoms with Crippen molar-refractivity contribution in [2.75, 3.05) is 0 Å². The summed E-state index contributed by atoms with van der Waals surface area (Å²) in [4.78, 5) is 33.8. The number of aromatic amines is 1. The summed E-state index contributed by atoms with van der Waals surface area (Å²) in [5.41, 5.74) is 4.50. The number of benzene rings is 4. The molecular weight excluding hydrogens is 510 g/mol. The largest absolute Gasteiger partial charge is 0.478 e. The van der Waals surface area contributed by atoms with E-state index in [4.69, 9.17) is 11.6 Å². The van der Waals surface area contributed by atoms with Gasteiger partial charge in [-0.05, 0) is 53.8 Å². The number of imidazole rings is 1. The summed E-state index contributed by atoms with van der Waals surface area (Å²) in [6, 6.07) is 27.3. The van der Waals surface area contributed by atoms with Crippen LogP contribution in [0.15, 0.2) is 91.0 Å². The fourth-order valence-electron chi connectivity index (χ4n) is 4.83. The first-order chi connectivity index (χ1) is 18.8. The molecule has 0 aliphatic rings. The maximum Gasteiger partial charge on any atom is 0.336 e. The minimum atomic E-state index is -1.16. The van der Waals surface area contributed by atoms with Crippen LogP contribution in [0, 0.1) is 5.92 Å². The number of nitrogens with zero attached hydrogens (tertiary/aromatic N) is 1. The number of para-hydroxylation sites is 2.